The van der Waals surface area contributed by atoms with Gasteiger partial charge in [-0.2, -0.15) is 5.26 Å². The smallest absolute Gasteiger partial charge is 0.349 e. The number of nitrogens with zero attached hydrogens (tertiary/aromatic N) is 1. The second-order valence-corrected chi connectivity index (χ2v) is 6.64. The largest absolute Gasteiger partial charge is 0.451 e. The second kappa shape index (κ2) is 10.1. The van der Waals surface area contributed by atoms with Gasteiger partial charge in [-0.15, -0.1) is 0 Å². The predicted molar refractivity (Wildman–Crippen MR) is 110 cm³/mol. The van der Waals surface area contributed by atoms with Gasteiger partial charge < -0.3 is 10.1 Å². The van der Waals surface area contributed by atoms with Crippen molar-refractivity contribution in [2.24, 2.45) is 0 Å². The van der Waals surface area contributed by atoms with Gasteiger partial charge in [-0.05, 0) is 48.6 Å². The maximum Gasteiger partial charge on any atom is 0.349 e. The Balaban J connectivity index is 1.91. The number of rotatable bonds is 7. The summed E-state index contributed by atoms with van der Waals surface area (Å²) in [6.07, 6.45) is 2.48. The van der Waals surface area contributed by atoms with E-state index in [9.17, 15) is 14.9 Å². The molecule has 0 saturated heterocycles. The highest BCUT2D eigenvalue weighted by Crippen LogP contribution is 2.20. The van der Waals surface area contributed by atoms with Gasteiger partial charge in [0.1, 0.15) is 11.6 Å². The molecule has 0 aliphatic carbocycles. The third kappa shape index (κ3) is 6.10. The van der Waals surface area contributed by atoms with Crippen molar-refractivity contribution >= 4 is 23.6 Å². The van der Waals surface area contributed by atoms with Crippen molar-refractivity contribution < 1.29 is 14.3 Å². The summed E-state index contributed by atoms with van der Waals surface area (Å²) < 4.78 is 4.96. The van der Waals surface area contributed by atoms with E-state index in [0.717, 1.165) is 12.0 Å². The van der Waals surface area contributed by atoms with Gasteiger partial charge in [0.2, 0.25) is 0 Å². The average molecular weight is 376 g/mol. The molecule has 2 aromatic carbocycles. The maximum absolute atomic E-state index is 12.1. The Morgan fingerprint density at radius 3 is 2.36 bits per heavy atom. The number of benzene rings is 2. The lowest BCUT2D eigenvalue weighted by Gasteiger charge is -2.10. The standard InChI is InChI=1S/C23H24N2O3/c1-4-17(3)19-9-11-21(12-10-19)25-22(26)15-28-23(27)20(14-24)13-18-7-5-16(2)6-8-18/h5-13,17H,4,15H2,1-3H3,(H,25,26)/b20-13+/t17-/m0/s1. The summed E-state index contributed by atoms with van der Waals surface area (Å²) in [5, 5.41) is 11.9. The van der Waals surface area contributed by atoms with Gasteiger partial charge in [0.05, 0.1) is 0 Å². The van der Waals surface area contributed by atoms with Crippen LogP contribution in [0.3, 0.4) is 0 Å². The molecule has 144 valence electrons. The Bertz CT molecular complexity index is 891. The van der Waals surface area contributed by atoms with E-state index in [1.807, 2.05) is 49.4 Å². The number of hydrogen-bond donors (Lipinski definition) is 1. The molecule has 0 aromatic heterocycles. The van der Waals surface area contributed by atoms with Crippen LogP contribution >= 0.6 is 0 Å². The minimum absolute atomic E-state index is 0.158. The molecular weight excluding hydrogens is 352 g/mol. The molecule has 0 aliphatic rings. The van der Waals surface area contributed by atoms with E-state index in [1.165, 1.54) is 11.6 Å². The van der Waals surface area contributed by atoms with Crippen molar-refractivity contribution in [2.45, 2.75) is 33.1 Å². The van der Waals surface area contributed by atoms with Gasteiger partial charge >= 0.3 is 5.97 Å². The molecule has 2 aromatic rings. The molecule has 2 rings (SSSR count). The molecule has 1 amide bonds. The highest BCUT2D eigenvalue weighted by molar-refractivity contribution is 6.00. The van der Waals surface area contributed by atoms with Crippen LogP contribution < -0.4 is 5.32 Å². The van der Waals surface area contributed by atoms with Crippen molar-refractivity contribution in [3.63, 3.8) is 0 Å². The Kier molecular flexibility index (Phi) is 7.53. The number of carbonyl (C=O) groups is 2. The number of aryl methyl sites for hydroxylation is 1. The predicted octanol–water partition coefficient (Wildman–Crippen LogP) is 4.60. The molecule has 1 N–H and O–H groups in total. The first kappa shape index (κ1) is 20.9. The van der Waals surface area contributed by atoms with Crippen LogP contribution in [0.2, 0.25) is 0 Å². The summed E-state index contributed by atoms with van der Waals surface area (Å²) in [6.45, 7) is 5.75. The molecule has 0 spiro atoms. The molecule has 0 heterocycles. The monoisotopic (exact) mass is 376 g/mol. The van der Waals surface area contributed by atoms with Crippen molar-refractivity contribution in [1.29, 1.82) is 5.26 Å². The lowest BCUT2D eigenvalue weighted by atomic mass is 9.99. The van der Waals surface area contributed by atoms with Gasteiger partial charge in [0.15, 0.2) is 6.61 Å². The van der Waals surface area contributed by atoms with Gasteiger partial charge in [0.25, 0.3) is 5.91 Å². The zero-order chi connectivity index (χ0) is 20.5. The quantitative estimate of drug-likeness (QED) is 0.435. The third-order valence-corrected chi connectivity index (χ3v) is 4.44. The van der Waals surface area contributed by atoms with E-state index >= 15 is 0 Å². The molecule has 5 nitrogen and oxygen atoms in total. The molecule has 0 saturated carbocycles. The Labute approximate surface area is 165 Å². The summed E-state index contributed by atoms with van der Waals surface area (Å²) in [5.41, 5.74) is 3.46. The first-order chi connectivity index (χ1) is 13.4. The van der Waals surface area contributed by atoms with Crippen LogP contribution in [0.5, 0.6) is 0 Å². The minimum atomic E-state index is -0.828. The lowest BCUT2D eigenvalue weighted by Crippen LogP contribution is -2.21. The summed E-state index contributed by atoms with van der Waals surface area (Å²) in [4.78, 5) is 24.1. The number of nitrogens with one attached hydrogen (secondary N) is 1. The highest BCUT2D eigenvalue weighted by atomic mass is 16.5. The van der Waals surface area contributed by atoms with E-state index < -0.39 is 18.5 Å². The van der Waals surface area contributed by atoms with Crippen molar-refractivity contribution in [1.82, 2.24) is 0 Å². The zero-order valence-corrected chi connectivity index (χ0v) is 16.4. The number of carbonyl (C=O) groups excluding carboxylic acids is 2. The van der Waals surface area contributed by atoms with Gasteiger partial charge in [-0.25, -0.2) is 4.79 Å². The van der Waals surface area contributed by atoms with Crippen LogP contribution in [0.15, 0.2) is 54.1 Å². The third-order valence-electron chi connectivity index (χ3n) is 4.44. The average Bonchev–Trinajstić information content (AvgIpc) is 2.71. The number of esters is 1. The molecule has 1 atom stereocenters. The summed E-state index contributed by atoms with van der Waals surface area (Å²) in [5.74, 6) is -0.835. The molecule has 28 heavy (non-hydrogen) atoms. The molecule has 5 heteroatoms. The molecule has 0 radical (unpaired) electrons. The number of hydrogen-bond acceptors (Lipinski definition) is 4. The summed E-state index contributed by atoms with van der Waals surface area (Å²) in [7, 11) is 0. The maximum atomic E-state index is 12.1. The Morgan fingerprint density at radius 1 is 1.14 bits per heavy atom. The van der Waals surface area contributed by atoms with Crippen LogP contribution in [0.25, 0.3) is 6.08 Å². The first-order valence-corrected chi connectivity index (χ1v) is 9.18. The van der Waals surface area contributed by atoms with Gasteiger partial charge in [-0.1, -0.05) is 55.8 Å². The molecular formula is C23H24N2O3. The normalized spacial score (nSPS) is 12.0. The minimum Gasteiger partial charge on any atom is -0.451 e. The van der Waals surface area contributed by atoms with Crippen LogP contribution in [0, 0.1) is 18.3 Å². The SMILES string of the molecule is CC[C@H](C)c1ccc(NC(=O)COC(=O)/C(C#N)=C/c2ccc(C)cc2)cc1. The van der Waals surface area contributed by atoms with Crippen molar-refractivity contribution in [3.05, 3.63) is 70.8 Å². The molecule has 0 unspecified atom stereocenters. The molecule has 0 aliphatic heterocycles. The van der Waals surface area contributed by atoms with Crippen molar-refractivity contribution in [3.8, 4) is 6.07 Å². The second-order valence-electron chi connectivity index (χ2n) is 6.64. The number of anilines is 1. The van der Waals surface area contributed by atoms with Gasteiger partial charge in [0, 0.05) is 5.69 Å². The number of nitriles is 1. The van der Waals surface area contributed by atoms with E-state index in [4.69, 9.17) is 4.74 Å². The van der Waals surface area contributed by atoms with Crippen LogP contribution in [0.1, 0.15) is 42.9 Å². The van der Waals surface area contributed by atoms with Crippen LogP contribution in [-0.4, -0.2) is 18.5 Å². The lowest BCUT2D eigenvalue weighted by molar-refractivity contribution is -0.142. The van der Waals surface area contributed by atoms with Gasteiger partial charge in [-0.3, -0.25) is 4.79 Å². The first-order valence-electron chi connectivity index (χ1n) is 9.18. The fourth-order valence-electron chi connectivity index (χ4n) is 2.50. The zero-order valence-electron chi connectivity index (χ0n) is 16.4. The van der Waals surface area contributed by atoms with E-state index in [-0.39, 0.29) is 5.57 Å². The number of ether oxygens (including phenoxy) is 1. The van der Waals surface area contributed by atoms with E-state index in [1.54, 1.807) is 12.1 Å². The summed E-state index contributed by atoms with van der Waals surface area (Å²) in [6, 6.07) is 16.7. The molecule has 0 bridgehead atoms. The number of amides is 1. The van der Waals surface area contributed by atoms with Crippen LogP contribution in [-0.2, 0) is 14.3 Å². The van der Waals surface area contributed by atoms with E-state index in [2.05, 4.69) is 19.2 Å². The Morgan fingerprint density at radius 2 is 1.79 bits per heavy atom. The van der Waals surface area contributed by atoms with Crippen molar-refractivity contribution in [2.75, 3.05) is 11.9 Å². The molecule has 0 fully saturated rings. The van der Waals surface area contributed by atoms with E-state index in [0.29, 0.717) is 17.2 Å². The fraction of sp³-hybridized carbons (Fsp3) is 0.261. The fourth-order valence-corrected chi connectivity index (χ4v) is 2.50. The van der Waals surface area contributed by atoms with Crippen LogP contribution in [0.4, 0.5) is 5.69 Å². The highest BCUT2D eigenvalue weighted by Gasteiger charge is 2.13. The Hall–Kier alpha value is -3.39. The topological polar surface area (TPSA) is 79.2 Å². The summed E-state index contributed by atoms with van der Waals surface area (Å²) >= 11 is 0.